The van der Waals surface area contributed by atoms with Crippen LogP contribution in [0.4, 0.5) is 0 Å². The smallest absolute Gasteiger partial charge is 0.191 e. The van der Waals surface area contributed by atoms with Crippen LogP contribution in [0.15, 0.2) is 47.6 Å². The fourth-order valence-corrected chi connectivity index (χ4v) is 3.44. The average molecular weight is 548 g/mol. The van der Waals surface area contributed by atoms with Crippen molar-refractivity contribution in [1.29, 1.82) is 0 Å². The number of fused-ring (bicyclic) bond motifs is 1. The minimum Gasteiger partial charge on any atom is -0.493 e. The molecule has 0 unspecified atom stereocenters. The van der Waals surface area contributed by atoms with Gasteiger partial charge in [-0.25, -0.2) is 4.99 Å². The molecule has 2 heterocycles. The van der Waals surface area contributed by atoms with Gasteiger partial charge < -0.3 is 15.4 Å². The molecule has 7 nitrogen and oxygen atoms in total. The Labute approximate surface area is 207 Å². The summed E-state index contributed by atoms with van der Waals surface area (Å²) in [7, 11) is 0. The molecule has 0 aliphatic heterocycles. The Morgan fingerprint density at radius 3 is 2.88 bits per heavy atom. The summed E-state index contributed by atoms with van der Waals surface area (Å²) in [5, 5.41) is 15.3. The van der Waals surface area contributed by atoms with Crippen molar-refractivity contribution in [2.75, 3.05) is 19.7 Å². The van der Waals surface area contributed by atoms with Gasteiger partial charge in [0.15, 0.2) is 11.6 Å². The van der Waals surface area contributed by atoms with Crippen molar-refractivity contribution in [3.05, 3.63) is 59.5 Å². The lowest BCUT2D eigenvalue weighted by Crippen LogP contribution is -2.37. The maximum Gasteiger partial charge on any atom is 0.191 e. The number of hydrogen-bond acceptors (Lipinski definition) is 4. The second-order valence-corrected chi connectivity index (χ2v) is 8.14. The number of nitrogens with zero attached hydrogens (tertiary/aromatic N) is 4. The van der Waals surface area contributed by atoms with Crippen LogP contribution < -0.4 is 15.4 Å². The number of aryl methyl sites for hydroxylation is 2. The first-order valence-electron chi connectivity index (χ1n) is 11.3. The lowest BCUT2D eigenvalue weighted by Gasteiger charge is -2.13. The first kappa shape index (κ1) is 24.3. The van der Waals surface area contributed by atoms with Crippen molar-refractivity contribution in [3.8, 4) is 5.75 Å². The van der Waals surface area contributed by atoms with Gasteiger partial charge in [0.1, 0.15) is 11.6 Å². The zero-order valence-electron chi connectivity index (χ0n) is 18.9. The standard InChI is InChI=1S/C24H32N6O.HI/c1-3-25-24(26-13-6-8-23-29-28-22-7-4-5-14-30(22)23)27-16-20-12-9-18(2)15-21(20)31-17-19-10-11-19;/h4-5,7,9,12,14-15,19H,3,6,8,10-11,13,16-17H2,1-2H3,(H2,25,26,27);1H. The third-order valence-electron chi connectivity index (χ3n) is 5.40. The van der Waals surface area contributed by atoms with Crippen molar-refractivity contribution in [3.63, 3.8) is 0 Å². The maximum atomic E-state index is 6.08. The monoisotopic (exact) mass is 548 g/mol. The summed E-state index contributed by atoms with van der Waals surface area (Å²) >= 11 is 0. The highest BCUT2D eigenvalue weighted by Gasteiger charge is 2.22. The van der Waals surface area contributed by atoms with Crippen LogP contribution in [-0.4, -0.2) is 40.3 Å². The highest BCUT2D eigenvalue weighted by molar-refractivity contribution is 14.0. The van der Waals surface area contributed by atoms with Gasteiger partial charge in [-0.15, -0.1) is 34.2 Å². The van der Waals surface area contributed by atoms with Crippen molar-refractivity contribution in [1.82, 2.24) is 25.2 Å². The molecule has 2 N–H and O–H groups in total. The van der Waals surface area contributed by atoms with E-state index < -0.39 is 0 Å². The van der Waals surface area contributed by atoms with Gasteiger partial charge in [0, 0.05) is 31.3 Å². The van der Waals surface area contributed by atoms with E-state index in [2.05, 4.69) is 52.9 Å². The molecule has 172 valence electrons. The fraction of sp³-hybridized carbons (Fsp3) is 0.458. The third kappa shape index (κ3) is 6.82. The molecule has 1 aromatic carbocycles. The van der Waals surface area contributed by atoms with E-state index in [1.165, 1.54) is 18.4 Å². The van der Waals surface area contributed by atoms with Gasteiger partial charge in [0.25, 0.3) is 0 Å². The summed E-state index contributed by atoms with van der Waals surface area (Å²) in [4.78, 5) is 4.78. The normalized spacial score (nSPS) is 13.6. The molecule has 1 fully saturated rings. The second-order valence-electron chi connectivity index (χ2n) is 8.14. The Hall–Kier alpha value is -2.36. The number of pyridine rings is 1. The number of hydrogen-bond donors (Lipinski definition) is 2. The first-order valence-corrected chi connectivity index (χ1v) is 11.3. The Balaban J connectivity index is 0.00000289. The van der Waals surface area contributed by atoms with E-state index in [4.69, 9.17) is 9.73 Å². The minimum absolute atomic E-state index is 0. The van der Waals surface area contributed by atoms with Crippen LogP contribution in [0.5, 0.6) is 5.75 Å². The zero-order chi connectivity index (χ0) is 21.5. The van der Waals surface area contributed by atoms with Crippen LogP contribution in [0.25, 0.3) is 5.65 Å². The predicted octanol–water partition coefficient (Wildman–Crippen LogP) is 4.13. The van der Waals surface area contributed by atoms with Gasteiger partial charge in [-0.2, -0.15) is 0 Å². The molecule has 0 spiro atoms. The second kappa shape index (κ2) is 12.0. The molecule has 0 amide bonds. The van der Waals surface area contributed by atoms with Crippen molar-refractivity contribution < 1.29 is 4.74 Å². The van der Waals surface area contributed by atoms with E-state index in [9.17, 15) is 0 Å². The van der Waals surface area contributed by atoms with Crippen molar-refractivity contribution in [2.24, 2.45) is 10.9 Å². The summed E-state index contributed by atoms with van der Waals surface area (Å²) in [5.74, 6) is 3.50. The number of aliphatic imine (C=N–C) groups is 1. The minimum atomic E-state index is 0. The molecule has 32 heavy (non-hydrogen) atoms. The first-order chi connectivity index (χ1) is 15.2. The van der Waals surface area contributed by atoms with Gasteiger partial charge in [0.2, 0.25) is 0 Å². The van der Waals surface area contributed by atoms with Crippen LogP contribution in [0, 0.1) is 12.8 Å². The van der Waals surface area contributed by atoms with Gasteiger partial charge in [-0.05, 0) is 62.8 Å². The number of nitrogens with one attached hydrogen (secondary N) is 2. The number of benzene rings is 1. The molecule has 2 aromatic heterocycles. The van der Waals surface area contributed by atoms with Crippen molar-refractivity contribution >= 4 is 35.6 Å². The number of ether oxygens (including phenoxy) is 1. The predicted molar refractivity (Wildman–Crippen MR) is 139 cm³/mol. The highest BCUT2D eigenvalue weighted by Crippen LogP contribution is 2.30. The number of guanidine groups is 1. The maximum absolute atomic E-state index is 6.08. The lowest BCUT2D eigenvalue weighted by molar-refractivity contribution is 0.296. The zero-order valence-corrected chi connectivity index (χ0v) is 21.2. The summed E-state index contributed by atoms with van der Waals surface area (Å²) in [6, 6.07) is 12.3. The molecule has 1 saturated carbocycles. The van der Waals surface area contributed by atoms with Gasteiger partial charge in [-0.3, -0.25) is 4.40 Å². The van der Waals surface area contributed by atoms with E-state index >= 15 is 0 Å². The van der Waals surface area contributed by atoms with Gasteiger partial charge in [0.05, 0.1) is 13.2 Å². The summed E-state index contributed by atoms with van der Waals surface area (Å²) < 4.78 is 8.13. The van der Waals surface area contributed by atoms with Crippen molar-refractivity contribution in [2.45, 2.75) is 46.1 Å². The van der Waals surface area contributed by atoms with E-state index in [1.807, 2.05) is 28.8 Å². The summed E-state index contributed by atoms with van der Waals surface area (Å²) in [6.07, 6.45) is 6.39. The van der Waals surface area contributed by atoms with E-state index in [1.54, 1.807) is 0 Å². The van der Waals surface area contributed by atoms with Crippen LogP contribution >= 0.6 is 24.0 Å². The van der Waals surface area contributed by atoms with Crippen LogP contribution in [-0.2, 0) is 13.0 Å². The number of aromatic nitrogens is 3. The molecule has 4 rings (SSSR count). The summed E-state index contributed by atoms with van der Waals surface area (Å²) in [5.41, 5.74) is 3.22. The van der Waals surface area contributed by atoms with Gasteiger partial charge >= 0.3 is 0 Å². The molecular weight excluding hydrogens is 515 g/mol. The SMILES string of the molecule is CCNC(=NCc1ccc(C)cc1OCC1CC1)NCCCc1nnc2ccccn12.I. The molecule has 3 aromatic rings. The molecule has 1 aliphatic rings. The summed E-state index contributed by atoms with van der Waals surface area (Å²) in [6.45, 7) is 7.21. The van der Waals surface area contributed by atoms with E-state index in [-0.39, 0.29) is 24.0 Å². The molecule has 1 aliphatic carbocycles. The molecular formula is C24H33IN6O. The van der Waals surface area contributed by atoms with E-state index in [0.717, 1.165) is 67.2 Å². The van der Waals surface area contributed by atoms with Crippen LogP contribution in [0.3, 0.4) is 0 Å². The lowest BCUT2D eigenvalue weighted by atomic mass is 10.1. The Bertz CT molecular complexity index is 1030. The topological polar surface area (TPSA) is 75.8 Å². The largest absolute Gasteiger partial charge is 0.493 e. The molecule has 0 radical (unpaired) electrons. The van der Waals surface area contributed by atoms with E-state index in [0.29, 0.717) is 6.54 Å². The Morgan fingerprint density at radius 2 is 2.06 bits per heavy atom. The van der Waals surface area contributed by atoms with Gasteiger partial charge in [-0.1, -0.05) is 18.2 Å². The number of halogens is 1. The quantitative estimate of drug-likeness (QED) is 0.173. The molecule has 8 heteroatoms. The number of rotatable bonds is 10. The fourth-order valence-electron chi connectivity index (χ4n) is 3.44. The third-order valence-corrected chi connectivity index (χ3v) is 5.40. The van der Waals surface area contributed by atoms with Crippen LogP contribution in [0.2, 0.25) is 0 Å². The molecule has 0 atom stereocenters. The Kier molecular flexibility index (Phi) is 9.13. The van der Waals surface area contributed by atoms with Crippen LogP contribution in [0.1, 0.15) is 43.1 Å². The average Bonchev–Trinajstić information content (AvgIpc) is 3.53. The molecule has 0 bridgehead atoms. The molecule has 0 saturated heterocycles. The Morgan fingerprint density at radius 1 is 1.19 bits per heavy atom. The highest BCUT2D eigenvalue weighted by atomic mass is 127.